The van der Waals surface area contributed by atoms with Crippen molar-refractivity contribution in [3.63, 3.8) is 0 Å². The van der Waals surface area contributed by atoms with Crippen LogP contribution in [0.3, 0.4) is 0 Å². The van der Waals surface area contributed by atoms with E-state index in [0.29, 0.717) is 19.6 Å². The zero-order valence-electron chi connectivity index (χ0n) is 14.6. The van der Waals surface area contributed by atoms with Crippen LogP contribution in [0.1, 0.15) is 24.0 Å². The Morgan fingerprint density at radius 2 is 1.96 bits per heavy atom. The van der Waals surface area contributed by atoms with Gasteiger partial charge in [-0.3, -0.25) is 9.78 Å². The molecular weight excluding hydrogens is 330 g/mol. The average Bonchev–Trinajstić information content (AvgIpc) is 2.72. The molecule has 1 aromatic carbocycles. The number of hydrogen-bond acceptors (Lipinski definition) is 4. The van der Waals surface area contributed by atoms with Crippen molar-refractivity contribution < 1.29 is 14.3 Å². The fourth-order valence-electron chi connectivity index (χ4n) is 3.00. The van der Waals surface area contributed by atoms with Gasteiger partial charge in [-0.2, -0.15) is 0 Å². The van der Waals surface area contributed by atoms with E-state index in [1.54, 1.807) is 17.3 Å². The molecular formula is C20H23N3O3. The second-order valence-corrected chi connectivity index (χ2v) is 6.40. The van der Waals surface area contributed by atoms with Crippen molar-refractivity contribution in [3.05, 3.63) is 66.0 Å². The Morgan fingerprint density at radius 1 is 1.15 bits per heavy atom. The van der Waals surface area contributed by atoms with Gasteiger partial charge < -0.3 is 15.0 Å². The van der Waals surface area contributed by atoms with E-state index in [9.17, 15) is 9.59 Å². The standard InChI is InChI=1S/C20H23N3O3/c24-19(22-13-17-8-4-10-21-12-17)18-9-5-11-23(14-18)20(25)26-15-16-6-2-1-3-7-16/h1-4,6-8,10,12,18H,5,9,11,13-15H2,(H,22,24). The van der Waals surface area contributed by atoms with Crippen molar-refractivity contribution in [2.24, 2.45) is 5.92 Å². The molecule has 2 heterocycles. The van der Waals surface area contributed by atoms with Crippen molar-refractivity contribution in [2.45, 2.75) is 26.0 Å². The lowest BCUT2D eigenvalue weighted by Gasteiger charge is -2.31. The number of rotatable bonds is 5. The van der Waals surface area contributed by atoms with E-state index in [1.807, 2.05) is 42.5 Å². The molecule has 6 heteroatoms. The number of amides is 2. The summed E-state index contributed by atoms with van der Waals surface area (Å²) < 4.78 is 5.37. The molecule has 0 saturated carbocycles. The largest absolute Gasteiger partial charge is 0.445 e. The highest BCUT2D eigenvalue weighted by Crippen LogP contribution is 2.18. The fraction of sp³-hybridized carbons (Fsp3) is 0.350. The van der Waals surface area contributed by atoms with E-state index < -0.39 is 0 Å². The summed E-state index contributed by atoms with van der Waals surface area (Å²) in [6.45, 7) is 1.71. The summed E-state index contributed by atoms with van der Waals surface area (Å²) >= 11 is 0. The molecule has 0 bridgehead atoms. The van der Waals surface area contributed by atoms with Crippen molar-refractivity contribution in [1.29, 1.82) is 0 Å². The molecule has 1 fully saturated rings. The van der Waals surface area contributed by atoms with Crippen LogP contribution in [0.4, 0.5) is 4.79 Å². The average molecular weight is 353 g/mol. The highest BCUT2D eigenvalue weighted by molar-refractivity contribution is 5.80. The lowest BCUT2D eigenvalue weighted by molar-refractivity contribution is -0.126. The van der Waals surface area contributed by atoms with Gasteiger partial charge >= 0.3 is 6.09 Å². The minimum Gasteiger partial charge on any atom is -0.445 e. The molecule has 1 aliphatic heterocycles. The number of ether oxygens (including phenoxy) is 1. The second-order valence-electron chi connectivity index (χ2n) is 6.40. The number of benzene rings is 1. The normalized spacial score (nSPS) is 16.8. The first-order valence-electron chi connectivity index (χ1n) is 8.84. The van der Waals surface area contributed by atoms with E-state index in [1.165, 1.54) is 0 Å². The van der Waals surface area contributed by atoms with Crippen LogP contribution in [0.2, 0.25) is 0 Å². The van der Waals surface area contributed by atoms with Crippen LogP contribution in [0, 0.1) is 5.92 Å². The molecule has 3 rings (SSSR count). The summed E-state index contributed by atoms with van der Waals surface area (Å²) in [5.74, 6) is -0.237. The molecule has 0 radical (unpaired) electrons. The number of pyridine rings is 1. The molecule has 1 aliphatic rings. The molecule has 2 amide bonds. The highest BCUT2D eigenvalue weighted by Gasteiger charge is 2.29. The van der Waals surface area contributed by atoms with Crippen molar-refractivity contribution in [2.75, 3.05) is 13.1 Å². The number of nitrogens with zero attached hydrogens (tertiary/aromatic N) is 2. The summed E-state index contributed by atoms with van der Waals surface area (Å²) in [5, 5.41) is 2.93. The Morgan fingerprint density at radius 3 is 2.73 bits per heavy atom. The summed E-state index contributed by atoms with van der Waals surface area (Å²) in [6, 6.07) is 13.3. The third-order valence-electron chi connectivity index (χ3n) is 4.45. The van der Waals surface area contributed by atoms with Gasteiger partial charge in [0, 0.05) is 32.0 Å². The SMILES string of the molecule is O=C(NCc1cccnc1)C1CCCN(C(=O)OCc2ccccc2)C1. The molecule has 1 aromatic heterocycles. The highest BCUT2D eigenvalue weighted by atomic mass is 16.6. The second kappa shape index (κ2) is 8.99. The number of likely N-dealkylation sites (tertiary alicyclic amines) is 1. The summed E-state index contributed by atoms with van der Waals surface area (Å²) in [4.78, 5) is 30.4. The third-order valence-corrected chi connectivity index (χ3v) is 4.45. The van der Waals surface area contributed by atoms with Crippen molar-refractivity contribution >= 4 is 12.0 Å². The molecule has 2 aromatic rings. The van der Waals surface area contributed by atoms with Crippen LogP contribution in [0.25, 0.3) is 0 Å². The van der Waals surface area contributed by atoms with E-state index in [0.717, 1.165) is 24.0 Å². The molecule has 26 heavy (non-hydrogen) atoms. The predicted molar refractivity (Wildman–Crippen MR) is 97.0 cm³/mol. The van der Waals surface area contributed by atoms with Gasteiger partial charge in [-0.15, -0.1) is 0 Å². The summed E-state index contributed by atoms with van der Waals surface area (Å²) in [6.07, 6.45) is 4.64. The molecule has 1 atom stereocenters. The Labute approximate surface area is 153 Å². The monoisotopic (exact) mass is 353 g/mol. The summed E-state index contributed by atoms with van der Waals surface area (Å²) in [7, 11) is 0. The van der Waals surface area contributed by atoms with E-state index >= 15 is 0 Å². The topological polar surface area (TPSA) is 71.5 Å². The van der Waals surface area contributed by atoms with Crippen molar-refractivity contribution in [3.8, 4) is 0 Å². The van der Waals surface area contributed by atoms with Gasteiger partial charge in [0.2, 0.25) is 5.91 Å². The smallest absolute Gasteiger partial charge is 0.410 e. The number of aromatic nitrogens is 1. The van der Waals surface area contributed by atoms with Gasteiger partial charge in [0.15, 0.2) is 0 Å². The van der Waals surface area contributed by atoms with Gasteiger partial charge in [0.1, 0.15) is 6.61 Å². The van der Waals surface area contributed by atoms with Gasteiger partial charge in [-0.05, 0) is 30.0 Å². The van der Waals surface area contributed by atoms with Crippen LogP contribution < -0.4 is 5.32 Å². The molecule has 1 unspecified atom stereocenters. The Bertz CT molecular complexity index is 660. The van der Waals surface area contributed by atoms with E-state index in [2.05, 4.69) is 10.3 Å². The van der Waals surface area contributed by atoms with Crippen LogP contribution in [-0.2, 0) is 22.7 Å². The number of nitrogens with one attached hydrogen (secondary N) is 1. The number of carbonyl (C=O) groups is 2. The van der Waals surface area contributed by atoms with Gasteiger partial charge in [-0.1, -0.05) is 36.4 Å². The third kappa shape index (κ3) is 5.05. The first kappa shape index (κ1) is 17.9. The van der Waals surface area contributed by atoms with E-state index in [4.69, 9.17) is 4.74 Å². The predicted octanol–water partition coefficient (Wildman–Crippen LogP) is 2.75. The molecule has 136 valence electrons. The summed E-state index contributed by atoms with van der Waals surface area (Å²) in [5.41, 5.74) is 1.90. The Hall–Kier alpha value is -2.89. The Balaban J connectivity index is 1.47. The molecule has 6 nitrogen and oxygen atoms in total. The molecule has 1 N–H and O–H groups in total. The quantitative estimate of drug-likeness (QED) is 0.897. The van der Waals surface area contributed by atoms with Gasteiger partial charge in [0.25, 0.3) is 0 Å². The van der Waals surface area contributed by atoms with Crippen LogP contribution >= 0.6 is 0 Å². The first-order chi connectivity index (χ1) is 12.7. The number of carbonyl (C=O) groups excluding carboxylic acids is 2. The fourth-order valence-corrected chi connectivity index (χ4v) is 3.00. The lowest BCUT2D eigenvalue weighted by atomic mass is 9.97. The van der Waals surface area contributed by atoms with Crippen LogP contribution in [0.5, 0.6) is 0 Å². The minimum atomic E-state index is -0.362. The lowest BCUT2D eigenvalue weighted by Crippen LogP contribution is -2.45. The van der Waals surface area contributed by atoms with Gasteiger partial charge in [0.05, 0.1) is 5.92 Å². The minimum absolute atomic E-state index is 0.0330. The van der Waals surface area contributed by atoms with E-state index in [-0.39, 0.29) is 24.5 Å². The first-order valence-corrected chi connectivity index (χ1v) is 8.84. The Kier molecular flexibility index (Phi) is 6.19. The van der Waals surface area contributed by atoms with Crippen LogP contribution in [-0.4, -0.2) is 35.0 Å². The number of piperidine rings is 1. The zero-order chi connectivity index (χ0) is 18.2. The molecule has 1 saturated heterocycles. The number of hydrogen-bond donors (Lipinski definition) is 1. The molecule has 0 spiro atoms. The maximum Gasteiger partial charge on any atom is 0.410 e. The van der Waals surface area contributed by atoms with Gasteiger partial charge in [-0.25, -0.2) is 4.79 Å². The maximum absolute atomic E-state index is 12.4. The molecule has 0 aliphatic carbocycles. The van der Waals surface area contributed by atoms with Crippen LogP contribution in [0.15, 0.2) is 54.9 Å². The zero-order valence-corrected chi connectivity index (χ0v) is 14.6. The van der Waals surface area contributed by atoms with Crippen molar-refractivity contribution in [1.82, 2.24) is 15.2 Å². The maximum atomic E-state index is 12.4.